The summed E-state index contributed by atoms with van der Waals surface area (Å²) in [5.74, 6) is 0.165. The van der Waals surface area contributed by atoms with Crippen LogP contribution in [0.25, 0.3) is 0 Å². The summed E-state index contributed by atoms with van der Waals surface area (Å²) in [7, 11) is 0. The summed E-state index contributed by atoms with van der Waals surface area (Å²) >= 11 is 0. The van der Waals surface area contributed by atoms with Crippen molar-refractivity contribution in [3.05, 3.63) is 11.9 Å². The number of nitrogens with two attached hydrogens (primary N) is 1. The van der Waals surface area contributed by atoms with Crippen LogP contribution in [0.1, 0.15) is 33.6 Å². The lowest BCUT2D eigenvalue weighted by molar-refractivity contribution is 0.0890. The van der Waals surface area contributed by atoms with Gasteiger partial charge in [-0.15, -0.1) is 0 Å². The van der Waals surface area contributed by atoms with Gasteiger partial charge in [-0.25, -0.2) is 4.39 Å². The maximum Gasteiger partial charge on any atom is 0.107 e. The second kappa shape index (κ2) is 5.81. The molecule has 0 aromatic rings. The first-order valence-electron chi connectivity index (χ1n) is 6.53. The second-order valence-corrected chi connectivity index (χ2v) is 5.82. The predicted molar refractivity (Wildman–Crippen MR) is 69.0 cm³/mol. The molecule has 0 aliphatic heterocycles. The van der Waals surface area contributed by atoms with E-state index in [1.165, 1.54) is 0 Å². The molecule has 0 spiro atoms. The molecule has 0 bridgehead atoms. The number of halogens is 1. The Balaban J connectivity index is 3.15. The van der Waals surface area contributed by atoms with E-state index < -0.39 is 11.5 Å². The third-order valence-electron chi connectivity index (χ3n) is 4.07. The standard InChI is InChI=1S/C14H23FN2O/c1-9(2)5-14(8-17)12(6-15)11(4-13(14)18)10(3)7-16/h6,9-11,13,18H,4-5,7,16H2,1-3H3/b12-6-. The van der Waals surface area contributed by atoms with Crippen LogP contribution in [0.3, 0.4) is 0 Å². The molecule has 4 heteroatoms. The zero-order chi connectivity index (χ0) is 13.9. The summed E-state index contributed by atoms with van der Waals surface area (Å²) in [6.07, 6.45) is 0.632. The monoisotopic (exact) mass is 254 g/mol. The largest absolute Gasteiger partial charge is 0.391 e. The first-order valence-corrected chi connectivity index (χ1v) is 6.53. The molecule has 1 fully saturated rings. The van der Waals surface area contributed by atoms with E-state index in [0.717, 1.165) is 0 Å². The van der Waals surface area contributed by atoms with E-state index in [2.05, 4.69) is 6.07 Å². The Kier molecular flexibility index (Phi) is 4.89. The van der Waals surface area contributed by atoms with Crippen LogP contribution in [0, 0.1) is 34.5 Å². The number of nitriles is 1. The third kappa shape index (κ3) is 2.43. The average Bonchev–Trinajstić information content (AvgIpc) is 2.61. The van der Waals surface area contributed by atoms with Gasteiger partial charge in [-0.05, 0) is 42.7 Å². The molecule has 1 saturated carbocycles. The fraction of sp³-hybridized carbons (Fsp3) is 0.786. The highest BCUT2D eigenvalue weighted by atomic mass is 19.1. The minimum atomic E-state index is -1.07. The van der Waals surface area contributed by atoms with E-state index in [-0.39, 0.29) is 17.8 Å². The van der Waals surface area contributed by atoms with Crippen LogP contribution in [0.4, 0.5) is 4.39 Å². The maximum atomic E-state index is 13.3. The van der Waals surface area contributed by atoms with Gasteiger partial charge >= 0.3 is 0 Å². The number of aliphatic hydroxyl groups excluding tert-OH is 1. The van der Waals surface area contributed by atoms with E-state index in [1.807, 2.05) is 20.8 Å². The first-order chi connectivity index (χ1) is 8.42. The van der Waals surface area contributed by atoms with E-state index in [0.29, 0.717) is 31.3 Å². The van der Waals surface area contributed by atoms with Crippen LogP contribution in [-0.2, 0) is 0 Å². The van der Waals surface area contributed by atoms with Crippen LogP contribution in [0.2, 0.25) is 0 Å². The fourth-order valence-corrected chi connectivity index (χ4v) is 3.06. The van der Waals surface area contributed by atoms with Crippen molar-refractivity contribution < 1.29 is 9.50 Å². The minimum absolute atomic E-state index is 0.0732. The number of aliphatic hydroxyl groups is 1. The van der Waals surface area contributed by atoms with Crippen LogP contribution in [0.15, 0.2) is 11.9 Å². The molecule has 1 aliphatic carbocycles. The van der Waals surface area contributed by atoms with Gasteiger partial charge in [-0.2, -0.15) is 5.26 Å². The third-order valence-corrected chi connectivity index (χ3v) is 4.07. The molecule has 0 saturated heterocycles. The Bertz CT molecular complexity index is 361. The predicted octanol–water partition coefficient (Wildman–Crippen LogP) is 2.37. The van der Waals surface area contributed by atoms with Crippen molar-refractivity contribution in [2.45, 2.75) is 39.7 Å². The number of rotatable bonds is 4. The second-order valence-electron chi connectivity index (χ2n) is 5.82. The Morgan fingerprint density at radius 2 is 2.22 bits per heavy atom. The van der Waals surface area contributed by atoms with Crippen molar-refractivity contribution in [3.8, 4) is 6.07 Å². The Labute approximate surface area is 108 Å². The summed E-state index contributed by atoms with van der Waals surface area (Å²) < 4.78 is 13.3. The van der Waals surface area contributed by atoms with Gasteiger partial charge in [-0.1, -0.05) is 20.8 Å². The highest BCUT2D eigenvalue weighted by molar-refractivity contribution is 5.33. The molecule has 3 nitrogen and oxygen atoms in total. The summed E-state index contributed by atoms with van der Waals surface area (Å²) in [4.78, 5) is 0. The van der Waals surface area contributed by atoms with Gasteiger partial charge in [0, 0.05) is 0 Å². The lowest BCUT2D eigenvalue weighted by atomic mass is 9.73. The van der Waals surface area contributed by atoms with Gasteiger partial charge in [0.25, 0.3) is 0 Å². The van der Waals surface area contributed by atoms with Crippen LogP contribution < -0.4 is 5.73 Å². The van der Waals surface area contributed by atoms with E-state index in [4.69, 9.17) is 5.73 Å². The lowest BCUT2D eigenvalue weighted by Crippen LogP contribution is -2.32. The zero-order valence-electron chi connectivity index (χ0n) is 11.4. The summed E-state index contributed by atoms with van der Waals surface area (Å²) in [6, 6.07) is 2.17. The Morgan fingerprint density at radius 3 is 2.61 bits per heavy atom. The van der Waals surface area contributed by atoms with Crippen molar-refractivity contribution in [2.75, 3.05) is 6.54 Å². The minimum Gasteiger partial charge on any atom is -0.391 e. The normalized spacial score (nSPS) is 36.0. The fourth-order valence-electron chi connectivity index (χ4n) is 3.06. The van der Waals surface area contributed by atoms with Gasteiger partial charge < -0.3 is 10.8 Å². The lowest BCUT2D eigenvalue weighted by Gasteiger charge is -2.29. The number of hydrogen-bond acceptors (Lipinski definition) is 3. The Hall–Kier alpha value is -0.920. The van der Waals surface area contributed by atoms with Gasteiger partial charge in [0.2, 0.25) is 0 Å². The quantitative estimate of drug-likeness (QED) is 0.809. The van der Waals surface area contributed by atoms with E-state index >= 15 is 0 Å². The molecule has 0 heterocycles. The molecule has 18 heavy (non-hydrogen) atoms. The summed E-state index contributed by atoms with van der Waals surface area (Å²) in [5.41, 5.74) is 4.99. The van der Waals surface area contributed by atoms with Crippen LogP contribution in [-0.4, -0.2) is 17.8 Å². The topological polar surface area (TPSA) is 70.0 Å². The van der Waals surface area contributed by atoms with Crippen molar-refractivity contribution >= 4 is 0 Å². The van der Waals surface area contributed by atoms with Crippen molar-refractivity contribution in [2.24, 2.45) is 28.9 Å². The highest BCUT2D eigenvalue weighted by Crippen LogP contribution is 2.52. The molecule has 1 aliphatic rings. The molecule has 0 amide bonds. The molecule has 3 N–H and O–H groups in total. The summed E-state index contributed by atoms with van der Waals surface area (Å²) in [5, 5.41) is 19.7. The smallest absolute Gasteiger partial charge is 0.107 e. The molecule has 4 unspecified atom stereocenters. The van der Waals surface area contributed by atoms with Crippen LogP contribution >= 0.6 is 0 Å². The average molecular weight is 254 g/mol. The molecule has 102 valence electrons. The summed E-state index contributed by atoms with van der Waals surface area (Å²) in [6.45, 7) is 6.31. The van der Waals surface area contributed by atoms with Gasteiger partial charge in [-0.3, -0.25) is 0 Å². The first kappa shape index (κ1) is 15.1. The van der Waals surface area contributed by atoms with Crippen molar-refractivity contribution in [1.29, 1.82) is 5.26 Å². The number of hydrogen-bond donors (Lipinski definition) is 2. The van der Waals surface area contributed by atoms with Gasteiger partial charge in [0.05, 0.1) is 18.5 Å². The van der Waals surface area contributed by atoms with Crippen LogP contribution in [0.5, 0.6) is 0 Å². The molecule has 0 radical (unpaired) electrons. The van der Waals surface area contributed by atoms with E-state index in [1.54, 1.807) is 0 Å². The van der Waals surface area contributed by atoms with Crippen molar-refractivity contribution in [3.63, 3.8) is 0 Å². The molecule has 0 aromatic heterocycles. The van der Waals surface area contributed by atoms with Gasteiger partial charge in [0.15, 0.2) is 0 Å². The van der Waals surface area contributed by atoms with Crippen molar-refractivity contribution in [1.82, 2.24) is 0 Å². The molecule has 1 rings (SSSR count). The highest BCUT2D eigenvalue weighted by Gasteiger charge is 2.52. The number of nitrogens with zero attached hydrogens (tertiary/aromatic N) is 1. The molecular weight excluding hydrogens is 231 g/mol. The molecular formula is C14H23FN2O. The SMILES string of the molecule is CC(C)CC1(C#N)/C(=C\F)C(C(C)CN)CC1O. The molecule has 4 atom stereocenters. The molecule has 0 aromatic carbocycles. The maximum absolute atomic E-state index is 13.3. The van der Waals surface area contributed by atoms with E-state index in [9.17, 15) is 14.8 Å². The van der Waals surface area contributed by atoms with Gasteiger partial charge in [0.1, 0.15) is 5.41 Å². The zero-order valence-corrected chi connectivity index (χ0v) is 11.4. The Morgan fingerprint density at radius 1 is 1.61 bits per heavy atom.